The van der Waals surface area contributed by atoms with Crippen LogP contribution in [0.1, 0.15) is 43.4 Å². The molecule has 0 aromatic heterocycles. The topological polar surface area (TPSA) is 78.5 Å². The second kappa shape index (κ2) is 7.84. The summed E-state index contributed by atoms with van der Waals surface area (Å²) in [4.78, 5) is 38.5. The Labute approximate surface area is 164 Å². The van der Waals surface area contributed by atoms with Gasteiger partial charge >= 0.3 is 6.03 Å². The Balaban J connectivity index is 1.67. The van der Waals surface area contributed by atoms with Crippen LogP contribution in [0.15, 0.2) is 54.6 Å². The van der Waals surface area contributed by atoms with E-state index in [0.29, 0.717) is 18.0 Å². The van der Waals surface area contributed by atoms with Crippen molar-refractivity contribution in [2.75, 3.05) is 6.54 Å². The Kier molecular flexibility index (Phi) is 5.49. The summed E-state index contributed by atoms with van der Waals surface area (Å²) < 4.78 is 0. The molecule has 6 nitrogen and oxygen atoms in total. The van der Waals surface area contributed by atoms with Crippen LogP contribution in [0.2, 0.25) is 0 Å². The van der Waals surface area contributed by atoms with E-state index in [4.69, 9.17) is 0 Å². The number of benzene rings is 2. The molecular weight excluding hydrogens is 354 g/mol. The van der Waals surface area contributed by atoms with Gasteiger partial charge in [0.25, 0.3) is 5.91 Å². The van der Waals surface area contributed by atoms with E-state index < -0.39 is 17.5 Å². The number of amides is 4. The number of hydrogen-bond donors (Lipinski definition) is 2. The first-order chi connectivity index (χ1) is 13.3. The average molecular weight is 379 g/mol. The summed E-state index contributed by atoms with van der Waals surface area (Å²) in [6.45, 7) is 5.89. The molecule has 2 aromatic rings. The Hall–Kier alpha value is -3.15. The molecule has 1 atom stereocenters. The number of nitrogens with one attached hydrogen (secondary N) is 2. The molecule has 0 bridgehead atoms. The lowest BCUT2D eigenvalue weighted by molar-refractivity contribution is -0.134. The van der Waals surface area contributed by atoms with Crippen LogP contribution in [-0.4, -0.2) is 29.3 Å². The molecule has 1 aliphatic heterocycles. The highest BCUT2D eigenvalue weighted by molar-refractivity contribution is 6.09. The van der Waals surface area contributed by atoms with E-state index in [-0.39, 0.29) is 12.5 Å². The van der Waals surface area contributed by atoms with Gasteiger partial charge in [0.05, 0.1) is 0 Å². The Bertz CT molecular complexity index is 878. The summed E-state index contributed by atoms with van der Waals surface area (Å²) in [6, 6.07) is 16.5. The van der Waals surface area contributed by atoms with Crippen LogP contribution >= 0.6 is 0 Å². The number of carbonyl (C=O) groups excluding carboxylic acids is 3. The van der Waals surface area contributed by atoms with Gasteiger partial charge in [-0.2, -0.15) is 0 Å². The molecule has 0 radical (unpaired) electrons. The highest BCUT2D eigenvalue weighted by atomic mass is 16.2. The molecular formula is C22H25N3O3. The van der Waals surface area contributed by atoms with E-state index in [0.717, 1.165) is 16.0 Å². The number of carbonyl (C=O) groups is 3. The summed E-state index contributed by atoms with van der Waals surface area (Å²) in [5.74, 6) is -0.433. The van der Waals surface area contributed by atoms with Crippen molar-refractivity contribution in [3.05, 3.63) is 71.3 Å². The smallest absolute Gasteiger partial charge is 0.325 e. The molecule has 1 fully saturated rings. The van der Waals surface area contributed by atoms with Gasteiger partial charge in [-0.05, 0) is 29.5 Å². The summed E-state index contributed by atoms with van der Waals surface area (Å²) >= 11 is 0. The van der Waals surface area contributed by atoms with Crippen molar-refractivity contribution in [1.29, 1.82) is 0 Å². The molecule has 0 aliphatic carbocycles. The SMILES string of the molecule is CC(C)c1ccc([C@@]2(C)NC(=O)N(CC(=O)NCc3ccccc3)C2=O)cc1. The molecule has 4 amide bonds. The predicted molar refractivity (Wildman–Crippen MR) is 106 cm³/mol. The zero-order valence-corrected chi connectivity index (χ0v) is 16.4. The fourth-order valence-electron chi connectivity index (χ4n) is 3.23. The van der Waals surface area contributed by atoms with E-state index >= 15 is 0 Å². The fourth-order valence-corrected chi connectivity index (χ4v) is 3.23. The van der Waals surface area contributed by atoms with Gasteiger partial charge in [-0.1, -0.05) is 68.4 Å². The lowest BCUT2D eigenvalue weighted by atomic mass is 9.90. The molecule has 1 heterocycles. The highest BCUT2D eigenvalue weighted by Gasteiger charge is 2.49. The standard InChI is InChI=1S/C22H25N3O3/c1-15(2)17-9-11-18(12-10-17)22(3)20(27)25(21(28)24-22)14-19(26)23-13-16-7-5-4-6-8-16/h4-12,15H,13-14H2,1-3H3,(H,23,26)(H,24,28)/t22-/m1/s1. The molecule has 0 spiro atoms. The maximum Gasteiger partial charge on any atom is 0.325 e. The molecule has 1 saturated heterocycles. The fraction of sp³-hybridized carbons (Fsp3) is 0.318. The van der Waals surface area contributed by atoms with Crippen LogP contribution in [0.4, 0.5) is 4.79 Å². The Morgan fingerprint density at radius 2 is 1.71 bits per heavy atom. The van der Waals surface area contributed by atoms with E-state index in [2.05, 4.69) is 24.5 Å². The van der Waals surface area contributed by atoms with Crippen LogP contribution in [0.5, 0.6) is 0 Å². The van der Waals surface area contributed by atoms with E-state index in [1.54, 1.807) is 6.92 Å². The van der Waals surface area contributed by atoms with Crippen molar-refractivity contribution in [1.82, 2.24) is 15.5 Å². The molecule has 1 aliphatic rings. The van der Waals surface area contributed by atoms with Crippen LogP contribution < -0.4 is 10.6 Å². The van der Waals surface area contributed by atoms with Gasteiger partial charge < -0.3 is 10.6 Å². The van der Waals surface area contributed by atoms with Crippen molar-refractivity contribution in [3.8, 4) is 0 Å². The lowest BCUT2D eigenvalue weighted by Crippen LogP contribution is -2.43. The Morgan fingerprint density at radius 1 is 1.07 bits per heavy atom. The van der Waals surface area contributed by atoms with Crippen molar-refractivity contribution in [2.24, 2.45) is 0 Å². The average Bonchev–Trinajstić information content (AvgIpc) is 2.91. The maximum atomic E-state index is 12.9. The van der Waals surface area contributed by atoms with Crippen LogP contribution in [0, 0.1) is 0 Å². The second-order valence-electron chi connectivity index (χ2n) is 7.49. The number of hydrogen-bond acceptors (Lipinski definition) is 3. The molecule has 0 saturated carbocycles. The van der Waals surface area contributed by atoms with Gasteiger partial charge in [-0.15, -0.1) is 0 Å². The molecule has 6 heteroatoms. The first kappa shape index (κ1) is 19.6. The van der Waals surface area contributed by atoms with Crippen molar-refractivity contribution in [2.45, 2.75) is 38.8 Å². The Morgan fingerprint density at radius 3 is 2.32 bits per heavy atom. The minimum atomic E-state index is -1.17. The second-order valence-corrected chi connectivity index (χ2v) is 7.49. The van der Waals surface area contributed by atoms with Crippen molar-refractivity contribution < 1.29 is 14.4 Å². The molecule has 3 rings (SSSR count). The normalized spacial score (nSPS) is 19.1. The molecule has 0 unspecified atom stereocenters. The summed E-state index contributed by atoms with van der Waals surface area (Å²) in [7, 11) is 0. The van der Waals surface area contributed by atoms with Crippen LogP contribution in [-0.2, 0) is 21.7 Å². The largest absolute Gasteiger partial charge is 0.350 e. The summed E-state index contributed by atoms with van der Waals surface area (Å²) in [5.41, 5.74) is 1.62. The molecule has 2 aromatic carbocycles. The highest BCUT2D eigenvalue weighted by Crippen LogP contribution is 2.29. The van der Waals surface area contributed by atoms with Crippen LogP contribution in [0.25, 0.3) is 0 Å². The van der Waals surface area contributed by atoms with E-state index in [1.807, 2.05) is 54.6 Å². The number of urea groups is 1. The van der Waals surface area contributed by atoms with Crippen molar-refractivity contribution >= 4 is 17.8 Å². The minimum absolute atomic E-state index is 0.308. The van der Waals surface area contributed by atoms with Crippen molar-refractivity contribution in [3.63, 3.8) is 0 Å². The molecule has 146 valence electrons. The number of rotatable bonds is 6. The third-order valence-corrected chi connectivity index (χ3v) is 5.06. The number of imide groups is 1. The lowest BCUT2D eigenvalue weighted by Gasteiger charge is -2.22. The third-order valence-electron chi connectivity index (χ3n) is 5.06. The zero-order valence-electron chi connectivity index (χ0n) is 16.4. The summed E-state index contributed by atoms with van der Waals surface area (Å²) in [6.07, 6.45) is 0. The number of nitrogens with zero attached hydrogens (tertiary/aromatic N) is 1. The molecule has 2 N–H and O–H groups in total. The third kappa shape index (κ3) is 3.91. The van der Waals surface area contributed by atoms with Gasteiger partial charge in [0.2, 0.25) is 5.91 Å². The first-order valence-electron chi connectivity index (χ1n) is 9.36. The van der Waals surface area contributed by atoms with Gasteiger partial charge in [0.15, 0.2) is 0 Å². The van der Waals surface area contributed by atoms with Crippen LogP contribution in [0.3, 0.4) is 0 Å². The van der Waals surface area contributed by atoms with Gasteiger partial charge in [0.1, 0.15) is 12.1 Å². The predicted octanol–water partition coefficient (Wildman–Crippen LogP) is 2.89. The van der Waals surface area contributed by atoms with Gasteiger partial charge in [-0.25, -0.2) is 4.79 Å². The zero-order chi connectivity index (χ0) is 20.3. The minimum Gasteiger partial charge on any atom is -0.350 e. The quantitative estimate of drug-likeness (QED) is 0.758. The monoisotopic (exact) mass is 379 g/mol. The maximum absolute atomic E-state index is 12.9. The van der Waals surface area contributed by atoms with E-state index in [1.165, 1.54) is 0 Å². The van der Waals surface area contributed by atoms with Gasteiger partial charge in [-0.3, -0.25) is 14.5 Å². The van der Waals surface area contributed by atoms with E-state index in [9.17, 15) is 14.4 Å². The molecule has 28 heavy (non-hydrogen) atoms. The first-order valence-corrected chi connectivity index (χ1v) is 9.36. The summed E-state index contributed by atoms with van der Waals surface area (Å²) in [5, 5.41) is 5.47. The van der Waals surface area contributed by atoms with Gasteiger partial charge in [0, 0.05) is 6.54 Å².